The first kappa shape index (κ1) is 16.0. The van der Waals surface area contributed by atoms with Crippen molar-refractivity contribution in [2.45, 2.75) is 20.3 Å². The number of halogens is 1. The Morgan fingerprint density at radius 3 is 2.32 bits per heavy atom. The van der Waals surface area contributed by atoms with Crippen molar-refractivity contribution in [2.24, 2.45) is 5.92 Å². The summed E-state index contributed by atoms with van der Waals surface area (Å²) in [6.07, 6.45) is 1.10. The molecule has 0 bridgehead atoms. The molecule has 0 unspecified atom stereocenters. The molecule has 2 aromatic carbocycles. The first-order chi connectivity index (χ1) is 10.6. The predicted octanol–water partition coefficient (Wildman–Crippen LogP) is 4.54. The van der Waals surface area contributed by atoms with Crippen LogP contribution in [0, 0.1) is 11.7 Å². The average Bonchev–Trinajstić information content (AvgIpc) is 2.49. The Bertz CT molecular complexity index is 623. The van der Waals surface area contributed by atoms with E-state index in [9.17, 15) is 9.18 Å². The molecular formula is C18H21FN2O. The maximum absolute atomic E-state index is 13.5. The quantitative estimate of drug-likeness (QED) is 0.822. The van der Waals surface area contributed by atoms with Gasteiger partial charge in [-0.3, -0.25) is 4.79 Å². The summed E-state index contributed by atoms with van der Waals surface area (Å²) in [7, 11) is 0. The molecule has 0 aliphatic rings. The van der Waals surface area contributed by atoms with E-state index in [2.05, 4.69) is 24.5 Å². The van der Waals surface area contributed by atoms with Gasteiger partial charge in [-0.1, -0.05) is 26.0 Å². The molecule has 0 aromatic heterocycles. The van der Waals surface area contributed by atoms with Crippen molar-refractivity contribution in [1.82, 2.24) is 0 Å². The lowest BCUT2D eigenvalue weighted by Crippen LogP contribution is -2.13. The highest BCUT2D eigenvalue weighted by atomic mass is 19.1. The zero-order valence-corrected chi connectivity index (χ0v) is 12.9. The highest BCUT2D eigenvalue weighted by molar-refractivity contribution is 6.04. The van der Waals surface area contributed by atoms with E-state index in [-0.39, 0.29) is 5.56 Å². The van der Waals surface area contributed by atoms with Crippen LogP contribution in [0.5, 0.6) is 0 Å². The molecule has 0 fully saturated rings. The minimum absolute atomic E-state index is 0.0432. The Hall–Kier alpha value is -2.36. The van der Waals surface area contributed by atoms with Gasteiger partial charge >= 0.3 is 0 Å². The molecule has 3 nitrogen and oxygen atoms in total. The summed E-state index contributed by atoms with van der Waals surface area (Å²) in [5, 5.41) is 6.02. The van der Waals surface area contributed by atoms with Crippen LogP contribution in [0.3, 0.4) is 0 Å². The molecule has 2 rings (SSSR count). The molecule has 0 aliphatic heterocycles. The Labute approximate surface area is 130 Å². The van der Waals surface area contributed by atoms with E-state index in [1.807, 2.05) is 12.1 Å². The predicted molar refractivity (Wildman–Crippen MR) is 88.7 cm³/mol. The topological polar surface area (TPSA) is 41.1 Å². The molecule has 0 spiro atoms. The third-order valence-corrected chi connectivity index (χ3v) is 3.31. The van der Waals surface area contributed by atoms with Gasteiger partial charge in [0.1, 0.15) is 5.82 Å². The van der Waals surface area contributed by atoms with Gasteiger partial charge in [-0.25, -0.2) is 4.39 Å². The van der Waals surface area contributed by atoms with Crippen LogP contribution in [0.1, 0.15) is 30.6 Å². The van der Waals surface area contributed by atoms with Crippen molar-refractivity contribution in [1.29, 1.82) is 0 Å². The van der Waals surface area contributed by atoms with E-state index in [1.54, 1.807) is 24.3 Å². The molecule has 2 N–H and O–H groups in total. The largest absolute Gasteiger partial charge is 0.385 e. The number of rotatable bonds is 6. The molecule has 0 saturated heterocycles. The summed E-state index contributed by atoms with van der Waals surface area (Å²) in [5.41, 5.74) is 1.69. The molecule has 22 heavy (non-hydrogen) atoms. The maximum Gasteiger partial charge on any atom is 0.258 e. The Morgan fingerprint density at radius 1 is 1.05 bits per heavy atom. The van der Waals surface area contributed by atoms with Crippen LogP contribution in [0.15, 0.2) is 48.5 Å². The van der Waals surface area contributed by atoms with E-state index in [4.69, 9.17) is 0 Å². The maximum atomic E-state index is 13.5. The second kappa shape index (κ2) is 7.59. The first-order valence-corrected chi connectivity index (χ1v) is 7.46. The standard InChI is InChI=1S/C18H21FN2O/c1-13(2)11-12-20-14-7-9-15(10-8-14)21-18(22)16-5-3-4-6-17(16)19/h3-10,13,20H,11-12H2,1-2H3,(H,21,22). The van der Waals surface area contributed by atoms with Crippen LogP contribution in [0.4, 0.5) is 15.8 Å². The minimum atomic E-state index is -0.521. The summed E-state index contributed by atoms with van der Waals surface area (Å²) < 4.78 is 13.5. The Balaban J connectivity index is 1.94. The van der Waals surface area contributed by atoms with Gasteiger partial charge in [-0.15, -0.1) is 0 Å². The second-order valence-corrected chi connectivity index (χ2v) is 5.62. The highest BCUT2D eigenvalue weighted by Gasteiger charge is 2.10. The molecule has 4 heteroatoms. The molecule has 0 aliphatic carbocycles. The summed E-state index contributed by atoms with van der Waals surface area (Å²) in [5.74, 6) is -0.308. The van der Waals surface area contributed by atoms with Crippen LogP contribution in [-0.2, 0) is 0 Å². The summed E-state index contributed by atoms with van der Waals surface area (Å²) in [6.45, 7) is 5.28. The van der Waals surface area contributed by atoms with Crippen LogP contribution in [-0.4, -0.2) is 12.5 Å². The van der Waals surface area contributed by atoms with Crippen molar-refractivity contribution in [3.8, 4) is 0 Å². The van der Waals surface area contributed by atoms with E-state index in [0.29, 0.717) is 11.6 Å². The number of anilines is 2. The van der Waals surface area contributed by atoms with Crippen LogP contribution < -0.4 is 10.6 Å². The second-order valence-electron chi connectivity index (χ2n) is 5.62. The normalized spacial score (nSPS) is 10.5. The molecule has 0 saturated carbocycles. The van der Waals surface area contributed by atoms with Gasteiger partial charge < -0.3 is 10.6 Å². The molecule has 116 valence electrons. The number of hydrogen-bond donors (Lipinski definition) is 2. The lowest BCUT2D eigenvalue weighted by Gasteiger charge is -2.10. The number of carbonyl (C=O) groups excluding carboxylic acids is 1. The van der Waals surface area contributed by atoms with Crippen molar-refractivity contribution in [3.05, 3.63) is 59.9 Å². The summed E-state index contributed by atoms with van der Waals surface area (Å²) in [4.78, 5) is 12.0. The van der Waals surface area contributed by atoms with E-state index in [1.165, 1.54) is 12.1 Å². The fraction of sp³-hybridized carbons (Fsp3) is 0.278. The number of hydrogen-bond acceptors (Lipinski definition) is 2. The van der Waals surface area contributed by atoms with E-state index in [0.717, 1.165) is 18.7 Å². The zero-order chi connectivity index (χ0) is 15.9. The van der Waals surface area contributed by atoms with Gasteiger partial charge in [-0.05, 0) is 48.7 Å². The first-order valence-electron chi connectivity index (χ1n) is 7.46. The highest BCUT2D eigenvalue weighted by Crippen LogP contribution is 2.16. The van der Waals surface area contributed by atoms with E-state index >= 15 is 0 Å². The Kier molecular flexibility index (Phi) is 5.53. The van der Waals surface area contributed by atoms with Gasteiger partial charge in [0.15, 0.2) is 0 Å². The smallest absolute Gasteiger partial charge is 0.258 e. The number of nitrogens with one attached hydrogen (secondary N) is 2. The molecular weight excluding hydrogens is 279 g/mol. The Morgan fingerprint density at radius 2 is 1.68 bits per heavy atom. The molecule has 0 heterocycles. The zero-order valence-electron chi connectivity index (χ0n) is 12.9. The average molecular weight is 300 g/mol. The summed E-state index contributed by atoms with van der Waals surface area (Å²) in [6, 6.07) is 13.3. The minimum Gasteiger partial charge on any atom is -0.385 e. The van der Waals surface area contributed by atoms with E-state index < -0.39 is 11.7 Å². The van der Waals surface area contributed by atoms with Crippen LogP contribution in [0.25, 0.3) is 0 Å². The lowest BCUT2D eigenvalue weighted by molar-refractivity contribution is 0.102. The molecule has 0 atom stereocenters. The number of amides is 1. The van der Waals surface area contributed by atoms with Crippen molar-refractivity contribution in [3.63, 3.8) is 0 Å². The van der Waals surface area contributed by atoms with Gasteiger partial charge in [0, 0.05) is 17.9 Å². The fourth-order valence-corrected chi connectivity index (χ4v) is 2.02. The molecule has 1 amide bonds. The van der Waals surface area contributed by atoms with Crippen molar-refractivity contribution >= 4 is 17.3 Å². The summed E-state index contributed by atoms with van der Waals surface area (Å²) >= 11 is 0. The third-order valence-electron chi connectivity index (χ3n) is 3.31. The van der Waals surface area contributed by atoms with Gasteiger partial charge in [-0.2, -0.15) is 0 Å². The van der Waals surface area contributed by atoms with Crippen molar-refractivity contribution in [2.75, 3.05) is 17.2 Å². The molecule has 2 aromatic rings. The van der Waals surface area contributed by atoms with Crippen LogP contribution in [0.2, 0.25) is 0 Å². The lowest BCUT2D eigenvalue weighted by atomic mass is 10.1. The van der Waals surface area contributed by atoms with Crippen LogP contribution >= 0.6 is 0 Å². The van der Waals surface area contributed by atoms with Gasteiger partial charge in [0.2, 0.25) is 0 Å². The molecule has 0 radical (unpaired) electrons. The monoisotopic (exact) mass is 300 g/mol. The van der Waals surface area contributed by atoms with Gasteiger partial charge in [0.05, 0.1) is 5.56 Å². The fourth-order valence-electron chi connectivity index (χ4n) is 2.02. The van der Waals surface area contributed by atoms with Gasteiger partial charge in [0.25, 0.3) is 5.91 Å². The third kappa shape index (κ3) is 4.58. The number of benzene rings is 2. The van der Waals surface area contributed by atoms with Crippen molar-refractivity contribution < 1.29 is 9.18 Å². The number of carbonyl (C=O) groups is 1. The SMILES string of the molecule is CC(C)CCNc1ccc(NC(=O)c2ccccc2F)cc1.